The molecule has 0 amide bonds. The molecule has 1 aromatic heterocycles. The van der Waals surface area contributed by atoms with Gasteiger partial charge in [-0.1, -0.05) is 0 Å². The van der Waals surface area contributed by atoms with Crippen LogP contribution in [0.15, 0.2) is 5.03 Å². The van der Waals surface area contributed by atoms with Gasteiger partial charge in [0.2, 0.25) is 0 Å². The number of nitrogens with zero attached hydrogens (tertiary/aromatic N) is 2. The van der Waals surface area contributed by atoms with Crippen LogP contribution in [-0.4, -0.2) is 30.2 Å². The van der Waals surface area contributed by atoms with Crippen LogP contribution in [0.1, 0.15) is 41.6 Å². The first-order valence-corrected chi connectivity index (χ1v) is 8.36. The molecule has 1 fully saturated rings. The molecule has 0 bridgehead atoms. The Kier molecular flexibility index (Phi) is 6.04. The van der Waals surface area contributed by atoms with Crippen molar-refractivity contribution in [2.45, 2.75) is 51.3 Å². The smallest absolute Gasteiger partial charge is 0.157 e. The zero-order valence-electron chi connectivity index (χ0n) is 12.9. The van der Waals surface area contributed by atoms with Crippen LogP contribution in [0.5, 0.6) is 0 Å². The lowest BCUT2D eigenvalue weighted by atomic mass is 10.1. The molecule has 5 heteroatoms. The van der Waals surface area contributed by atoms with Gasteiger partial charge in [-0.2, -0.15) is 5.26 Å². The predicted octanol–water partition coefficient (Wildman–Crippen LogP) is 3.51. The Morgan fingerprint density at radius 1 is 1.33 bits per heavy atom. The minimum Gasteiger partial charge on any atom is -0.353 e. The van der Waals surface area contributed by atoms with Crippen molar-refractivity contribution in [2.75, 3.05) is 19.0 Å². The molecule has 1 saturated heterocycles. The molecule has 0 spiro atoms. The summed E-state index contributed by atoms with van der Waals surface area (Å²) in [5.74, 6) is 0.781. The van der Waals surface area contributed by atoms with Crippen LogP contribution in [0.4, 0.5) is 0 Å². The molecule has 4 nitrogen and oxygen atoms in total. The van der Waals surface area contributed by atoms with Gasteiger partial charge in [0.15, 0.2) is 6.29 Å². The van der Waals surface area contributed by atoms with E-state index >= 15 is 0 Å². The maximum Gasteiger partial charge on any atom is 0.157 e. The van der Waals surface area contributed by atoms with Gasteiger partial charge < -0.3 is 9.47 Å². The van der Waals surface area contributed by atoms with Crippen LogP contribution >= 0.6 is 11.8 Å². The van der Waals surface area contributed by atoms with Crippen molar-refractivity contribution in [3.63, 3.8) is 0 Å². The Labute approximate surface area is 130 Å². The average Bonchev–Trinajstić information content (AvgIpc) is 2.50. The Bertz CT molecular complexity index is 534. The molecule has 2 heterocycles. The number of aromatic nitrogens is 1. The van der Waals surface area contributed by atoms with E-state index in [0.717, 1.165) is 47.0 Å². The Balaban J connectivity index is 1.89. The van der Waals surface area contributed by atoms with E-state index in [1.54, 1.807) is 11.8 Å². The standard InChI is InChI=1S/C16H22N2O2S/c1-11-12(2)14(10-17)16(18-13(11)3)21-9-8-20-15-6-4-5-7-19-15/h15H,4-9H2,1-3H3. The SMILES string of the molecule is Cc1nc(SCCOC2CCCCO2)c(C#N)c(C)c1C. The molecule has 0 saturated carbocycles. The van der Waals surface area contributed by atoms with E-state index in [4.69, 9.17) is 9.47 Å². The van der Waals surface area contributed by atoms with E-state index in [2.05, 4.69) is 11.1 Å². The molecule has 1 aliphatic rings. The quantitative estimate of drug-likeness (QED) is 0.615. The fraction of sp³-hybridized carbons (Fsp3) is 0.625. The van der Waals surface area contributed by atoms with Gasteiger partial charge in [-0.15, -0.1) is 11.8 Å². The lowest BCUT2D eigenvalue weighted by Gasteiger charge is -2.22. The summed E-state index contributed by atoms with van der Waals surface area (Å²) in [5.41, 5.74) is 3.81. The lowest BCUT2D eigenvalue weighted by Crippen LogP contribution is -2.23. The molecule has 21 heavy (non-hydrogen) atoms. The number of pyridine rings is 1. The van der Waals surface area contributed by atoms with Crippen molar-refractivity contribution in [3.8, 4) is 6.07 Å². The topological polar surface area (TPSA) is 55.1 Å². The number of hydrogen-bond acceptors (Lipinski definition) is 5. The zero-order chi connectivity index (χ0) is 15.2. The second-order valence-corrected chi connectivity index (χ2v) is 6.34. The van der Waals surface area contributed by atoms with Crippen LogP contribution in [0.3, 0.4) is 0 Å². The summed E-state index contributed by atoms with van der Waals surface area (Å²) in [4.78, 5) is 4.54. The highest BCUT2D eigenvalue weighted by molar-refractivity contribution is 7.99. The maximum atomic E-state index is 9.32. The molecule has 0 aromatic carbocycles. The Morgan fingerprint density at radius 2 is 2.14 bits per heavy atom. The van der Waals surface area contributed by atoms with Crippen molar-refractivity contribution in [1.82, 2.24) is 4.98 Å². The van der Waals surface area contributed by atoms with E-state index in [9.17, 15) is 5.26 Å². The highest BCUT2D eigenvalue weighted by atomic mass is 32.2. The number of aryl methyl sites for hydroxylation is 1. The average molecular weight is 306 g/mol. The van der Waals surface area contributed by atoms with Gasteiger partial charge >= 0.3 is 0 Å². The third kappa shape index (κ3) is 4.19. The summed E-state index contributed by atoms with van der Waals surface area (Å²) < 4.78 is 11.2. The molecule has 1 aliphatic heterocycles. The molecule has 114 valence electrons. The fourth-order valence-corrected chi connectivity index (χ4v) is 3.23. The first-order chi connectivity index (χ1) is 10.1. The molecule has 0 radical (unpaired) electrons. The Hall–Kier alpha value is -1.09. The summed E-state index contributed by atoms with van der Waals surface area (Å²) in [5, 5.41) is 10.1. The zero-order valence-corrected chi connectivity index (χ0v) is 13.8. The molecular weight excluding hydrogens is 284 g/mol. The van der Waals surface area contributed by atoms with E-state index in [0.29, 0.717) is 12.2 Å². The van der Waals surface area contributed by atoms with Crippen molar-refractivity contribution >= 4 is 11.8 Å². The van der Waals surface area contributed by atoms with Gasteiger partial charge in [0.25, 0.3) is 0 Å². The van der Waals surface area contributed by atoms with Crippen LogP contribution in [0.2, 0.25) is 0 Å². The lowest BCUT2D eigenvalue weighted by molar-refractivity contribution is -0.158. The number of ether oxygens (including phenoxy) is 2. The highest BCUT2D eigenvalue weighted by Crippen LogP contribution is 2.26. The van der Waals surface area contributed by atoms with E-state index in [-0.39, 0.29) is 6.29 Å². The van der Waals surface area contributed by atoms with Crippen LogP contribution < -0.4 is 0 Å². The summed E-state index contributed by atoms with van der Waals surface area (Å²) in [6.07, 6.45) is 3.24. The first-order valence-electron chi connectivity index (χ1n) is 7.37. The monoisotopic (exact) mass is 306 g/mol. The molecule has 0 aliphatic carbocycles. The third-order valence-electron chi connectivity index (χ3n) is 3.84. The second kappa shape index (κ2) is 7.79. The highest BCUT2D eigenvalue weighted by Gasteiger charge is 2.15. The molecular formula is C16H22N2O2S. The number of thioether (sulfide) groups is 1. The van der Waals surface area contributed by atoms with Crippen LogP contribution in [0.25, 0.3) is 0 Å². The second-order valence-electron chi connectivity index (χ2n) is 5.25. The van der Waals surface area contributed by atoms with Crippen LogP contribution in [-0.2, 0) is 9.47 Å². The number of hydrogen-bond donors (Lipinski definition) is 0. The van der Waals surface area contributed by atoms with Gasteiger partial charge in [-0.05, 0) is 51.2 Å². The van der Waals surface area contributed by atoms with Crippen LogP contribution in [0, 0.1) is 32.1 Å². The first kappa shape index (κ1) is 16.3. The molecule has 2 rings (SSSR count). The van der Waals surface area contributed by atoms with E-state index in [1.807, 2.05) is 20.8 Å². The number of nitriles is 1. The summed E-state index contributed by atoms with van der Waals surface area (Å²) in [6.45, 7) is 7.40. The van der Waals surface area contributed by atoms with Gasteiger partial charge in [-0.25, -0.2) is 4.98 Å². The van der Waals surface area contributed by atoms with Crippen molar-refractivity contribution in [3.05, 3.63) is 22.4 Å². The van der Waals surface area contributed by atoms with Crippen molar-refractivity contribution in [1.29, 1.82) is 5.26 Å². The molecule has 1 aromatic rings. The number of rotatable bonds is 5. The van der Waals surface area contributed by atoms with E-state index < -0.39 is 0 Å². The van der Waals surface area contributed by atoms with Crippen molar-refractivity contribution < 1.29 is 9.47 Å². The summed E-state index contributed by atoms with van der Waals surface area (Å²) in [6, 6.07) is 2.27. The van der Waals surface area contributed by atoms with Gasteiger partial charge in [0.05, 0.1) is 12.2 Å². The Morgan fingerprint density at radius 3 is 2.81 bits per heavy atom. The van der Waals surface area contributed by atoms with Gasteiger partial charge in [0.1, 0.15) is 11.1 Å². The normalized spacial score (nSPS) is 18.5. The van der Waals surface area contributed by atoms with Crippen molar-refractivity contribution in [2.24, 2.45) is 0 Å². The van der Waals surface area contributed by atoms with Gasteiger partial charge in [0, 0.05) is 18.1 Å². The maximum absolute atomic E-state index is 9.32. The minimum atomic E-state index is -0.0516. The van der Waals surface area contributed by atoms with Gasteiger partial charge in [-0.3, -0.25) is 0 Å². The predicted molar refractivity (Wildman–Crippen MR) is 83.4 cm³/mol. The third-order valence-corrected chi connectivity index (χ3v) is 4.78. The summed E-state index contributed by atoms with van der Waals surface area (Å²) in [7, 11) is 0. The fourth-order valence-electron chi connectivity index (χ4n) is 2.31. The molecule has 0 N–H and O–H groups in total. The summed E-state index contributed by atoms with van der Waals surface area (Å²) >= 11 is 1.58. The minimum absolute atomic E-state index is 0.0516. The molecule has 1 atom stereocenters. The molecule has 1 unspecified atom stereocenters. The van der Waals surface area contributed by atoms with E-state index in [1.165, 1.54) is 6.42 Å². The largest absolute Gasteiger partial charge is 0.353 e.